The first-order valence-electron chi connectivity index (χ1n) is 5.99. The van der Waals surface area contributed by atoms with Gasteiger partial charge in [0.1, 0.15) is 0 Å². The van der Waals surface area contributed by atoms with Crippen LogP contribution in [-0.2, 0) is 4.79 Å². The maximum atomic E-state index is 11.9. The van der Waals surface area contributed by atoms with Crippen LogP contribution >= 0.6 is 0 Å². The molecule has 4 nitrogen and oxygen atoms in total. The molecule has 0 aromatic rings. The zero-order valence-corrected chi connectivity index (χ0v) is 9.67. The number of hydrogen-bond acceptors (Lipinski definition) is 3. The molecule has 0 spiro atoms. The van der Waals surface area contributed by atoms with Crippen molar-refractivity contribution in [2.24, 2.45) is 5.73 Å². The molecule has 0 aromatic heterocycles. The van der Waals surface area contributed by atoms with E-state index in [-0.39, 0.29) is 11.9 Å². The monoisotopic (exact) mass is 213 g/mol. The van der Waals surface area contributed by atoms with E-state index in [9.17, 15) is 4.79 Å². The lowest BCUT2D eigenvalue weighted by atomic mass is 10.1. The van der Waals surface area contributed by atoms with Crippen molar-refractivity contribution in [3.63, 3.8) is 0 Å². The lowest BCUT2D eigenvalue weighted by molar-refractivity contribution is -0.132. The quantitative estimate of drug-likeness (QED) is 0.692. The van der Waals surface area contributed by atoms with E-state index in [1.807, 2.05) is 11.8 Å². The number of carbonyl (C=O) groups excluding carboxylic acids is 1. The fourth-order valence-electron chi connectivity index (χ4n) is 2.01. The highest BCUT2D eigenvalue weighted by Gasteiger charge is 2.19. The van der Waals surface area contributed by atoms with Gasteiger partial charge < -0.3 is 16.0 Å². The predicted octanol–water partition coefficient (Wildman–Crippen LogP) is 0.326. The number of amides is 1. The lowest BCUT2D eigenvalue weighted by Gasteiger charge is -2.28. The summed E-state index contributed by atoms with van der Waals surface area (Å²) in [6, 6.07) is 0.143. The summed E-state index contributed by atoms with van der Waals surface area (Å²) < 4.78 is 0. The van der Waals surface area contributed by atoms with Gasteiger partial charge in [-0.3, -0.25) is 4.79 Å². The van der Waals surface area contributed by atoms with E-state index in [0.717, 1.165) is 32.5 Å². The second kappa shape index (κ2) is 6.80. The van der Waals surface area contributed by atoms with Gasteiger partial charge in [-0.25, -0.2) is 0 Å². The Morgan fingerprint density at radius 2 is 2.07 bits per heavy atom. The Labute approximate surface area is 92.2 Å². The summed E-state index contributed by atoms with van der Waals surface area (Å²) in [5.74, 6) is 0.256. The molecule has 0 radical (unpaired) electrons. The van der Waals surface area contributed by atoms with Gasteiger partial charge in [-0.1, -0.05) is 6.92 Å². The molecule has 3 N–H and O–H groups in total. The van der Waals surface area contributed by atoms with E-state index in [2.05, 4.69) is 5.32 Å². The maximum absolute atomic E-state index is 11.9. The molecule has 0 bridgehead atoms. The van der Waals surface area contributed by atoms with Crippen LogP contribution in [0.25, 0.3) is 0 Å². The average Bonchev–Trinajstić information content (AvgIpc) is 2.29. The molecule has 1 saturated heterocycles. The molecule has 1 amide bonds. The largest absolute Gasteiger partial charge is 0.343 e. The minimum atomic E-state index is 0.143. The van der Waals surface area contributed by atoms with Gasteiger partial charge in [-0.15, -0.1) is 0 Å². The molecule has 1 fully saturated rings. The first-order valence-corrected chi connectivity index (χ1v) is 5.99. The van der Waals surface area contributed by atoms with Gasteiger partial charge in [0.25, 0.3) is 0 Å². The first-order chi connectivity index (χ1) is 7.27. The number of nitrogens with one attached hydrogen (secondary N) is 1. The average molecular weight is 213 g/mol. The van der Waals surface area contributed by atoms with Crippen molar-refractivity contribution in [3.05, 3.63) is 0 Å². The van der Waals surface area contributed by atoms with Crippen molar-refractivity contribution in [3.8, 4) is 0 Å². The topological polar surface area (TPSA) is 58.4 Å². The van der Waals surface area contributed by atoms with Gasteiger partial charge in [-0.05, 0) is 25.8 Å². The molecule has 1 unspecified atom stereocenters. The van der Waals surface area contributed by atoms with Crippen LogP contribution in [-0.4, -0.2) is 43.0 Å². The van der Waals surface area contributed by atoms with Crippen molar-refractivity contribution in [2.45, 2.75) is 38.6 Å². The van der Waals surface area contributed by atoms with Crippen molar-refractivity contribution < 1.29 is 4.79 Å². The van der Waals surface area contributed by atoms with Gasteiger partial charge in [0.05, 0.1) is 0 Å². The smallest absolute Gasteiger partial charge is 0.224 e. The van der Waals surface area contributed by atoms with Crippen molar-refractivity contribution in [2.75, 3.05) is 26.2 Å². The van der Waals surface area contributed by atoms with Crippen LogP contribution in [0.1, 0.15) is 32.6 Å². The molecule has 88 valence electrons. The molecule has 0 saturated carbocycles. The number of nitrogens with two attached hydrogens (primary N) is 1. The highest BCUT2D eigenvalue weighted by atomic mass is 16.2. The van der Waals surface area contributed by atoms with Gasteiger partial charge in [-0.2, -0.15) is 0 Å². The van der Waals surface area contributed by atoms with E-state index < -0.39 is 0 Å². The second-order valence-corrected chi connectivity index (χ2v) is 4.14. The highest BCUT2D eigenvalue weighted by Crippen LogP contribution is 2.10. The third-order valence-electron chi connectivity index (χ3n) is 2.91. The minimum absolute atomic E-state index is 0.143. The maximum Gasteiger partial charge on any atom is 0.224 e. The van der Waals surface area contributed by atoms with Crippen LogP contribution in [0.5, 0.6) is 0 Å². The van der Waals surface area contributed by atoms with Crippen LogP contribution in [0.4, 0.5) is 0 Å². The summed E-state index contributed by atoms with van der Waals surface area (Å²) in [6.45, 7) is 5.31. The summed E-state index contributed by atoms with van der Waals surface area (Å²) in [5.41, 5.74) is 5.60. The molecule has 1 rings (SSSR count). The Morgan fingerprint density at radius 3 is 2.60 bits per heavy atom. The Hall–Kier alpha value is -0.610. The summed E-state index contributed by atoms with van der Waals surface area (Å²) >= 11 is 0. The molecule has 0 aromatic carbocycles. The number of hydrogen-bond donors (Lipinski definition) is 2. The Bertz CT molecular complexity index is 190. The third-order valence-corrected chi connectivity index (χ3v) is 2.91. The van der Waals surface area contributed by atoms with Gasteiger partial charge in [0.2, 0.25) is 5.91 Å². The zero-order valence-electron chi connectivity index (χ0n) is 9.67. The van der Waals surface area contributed by atoms with E-state index in [1.54, 1.807) is 0 Å². The van der Waals surface area contributed by atoms with E-state index in [4.69, 9.17) is 5.73 Å². The van der Waals surface area contributed by atoms with Gasteiger partial charge >= 0.3 is 0 Å². The van der Waals surface area contributed by atoms with Crippen molar-refractivity contribution in [1.82, 2.24) is 10.2 Å². The molecule has 1 atom stereocenters. The summed E-state index contributed by atoms with van der Waals surface area (Å²) in [6.07, 6.45) is 4.11. The fraction of sp³-hybridized carbons (Fsp3) is 0.909. The molecule has 15 heavy (non-hydrogen) atoms. The van der Waals surface area contributed by atoms with Crippen LogP contribution in [0, 0.1) is 0 Å². The summed E-state index contributed by atoms with van der Waals surface area (Å²) in [5, 5.41) is 3.23. The normalized spacial score (nSPS) is 18.9. The van der Waals surface area contributed by atoms with E-state index in [1.165, 1.54) is 6.42 Å². The number of rotatable bonds is 5. The molecule has 0 aliphatic carbocycles. The van der Waals surface area contributed by atoms with Gasteiger partial charge in [0.15, 0.2) is 0 Å². The Morgan fingerprint density at radius 1 is 1.40 bits per heavy atom. The second-order valence-electron chi connectivity index (χ2n) is 4.14. The van der Waals surface area contributed by atoms with Crippen LogP contribution < -0.4 is 11.1 Å². The molecular formula is C11H23N3O. The summed E-state index contributed by atoms with van der Waals surface area (Å²) in [7, 11) is 0. The van der Waals surface area contributed by atoms with Crippen LogP contribution in [0.2, 0.25) is 0 Å². The van der Waals surface area contributed by atoms with Crippen LogP contribution in [0.15, 0.2) is 0 Å². The highest BCUT2D eigenvalue weighted by molar-refractivity contribution is 5.76. The zero-order chi connectivity index (χ0) is 11.1. The van der Waals surface area contributed by atoms with E-state index in [0.29, 0.717) is 13.0 Å². The van der Waals surface area contributed by atoms with Crippen LogP contribution in [0.3, 0.4) is 0 Å². The number of likely N-dealkylation sites (N-methyl/N-ethyl adjacent to an activating group) is 1. The number of likely N-dealkylation sites (tertiary alicyclic amines) is 1. The SMILES string of the molecule is CCNC(CN)CC(=O)N1CCCCC1. The van der Waals surface area contributed by atoms with Crippen molar-refractivity contribution in [1.29, 1.82) is 0 Å². The third kappa shape index (κ3) is 4.18. The van der Waals surface area contributed by atoms with Crippen molar-refractivity contribution >= 4 is 5.91 Å². The minimum Gasteiger partial charge on any atom is -0.343 e. The Kier molecular flexibility index (Phi) is 5.65. The molecule has 1 heterocycles. The lowest BCUT2D eigenvalue weighted by Crippen LogP contribution is -2.43. The molecule has 4 heteroatoms. The molecule has 1 aliphatic heterocycles. The fourth-order valence-corrected chi connectivity index (χ4v) is 2.01. The summed E-state index contributed by atoms with van der Waals surface area (Å²) in [4.78, 5) is 13.8. The van der Waals surface area contributed by atoms with Gasteiger partial charge in [0, 0.05) is 32.1 Å². The number of carbonyl (C=O) groups is 1. The number of piperidine rings is 1. The predicted molar refractivity (Wildman–Crippen MR) is 61.6 cm³/mol. The number of nitrogens with zero attached hydrogens (tertiary/aromatic N) is 1. The standard InChI is InChI=1S/C11H23N3O/c1-2-13-10(9-12)8-11(15)14-6-4-3-5-7-14/h10,13H,2-9,12H2,1H3. The Balaban J connectivity index is 2.31. The first kappa shape index (κ1) is 12.5. The molecule has 1 aliphatic rings. The molecular weight excluding hydrogens is 190 g/mol. The van der Waals surface area contributed by atoms with E-state index >= 15 is 0 Å².